The van der Waals surface area contributed by atoms with Crippen molar-refractivity contribution < 1.29 is 32.7 Å². The number of carbonyl (C=O) groups excluding carboxylic acids is 3. The minimum atomic E-state index is -4.57. The zero-order valence-electron chi connectivity index (χ0n) is 13.4. The van der Waals surface area contributed by atoms with Crippen molar-refractivity contribution in [2.75, 3.05) is 11.5 Å². The van der Waals surface area contributed by atoms with Crippen LogP contribution in [0.1, 0.15) is 36.5 Å². The van der Waals surface area contributed by atoms with Crippen molar-refractivity contribution in [3.63, 3.8) is 0 Å². The molecule has 0 bridgehead atoms. The first kappa shape index (κ1) is 18.9. The zero-order chi connectivity index (χ0) is 18.8. The third kappa shape index (κ3) is 4.56. The number of rotatable bonds is 5. The van der Waals surface area contributed by atoms with E-state index in [0.29, 0.717) is 0 Å². The Morgan fingerprint density at radius 2 is 1.84 bits per heavy atom. The second kappa shape index (κ2) is 6.83. The molecule has 1 aliphatic heterocycles. The lowest BCUT2D eigenvalue weighted by Crippen LogP contribution is -2.51. The highest BCUT2D eigenvalue weighted by Crippen LogP contribution is 2.28. The summed E-state index contributed by atoms with van der Waals surface area (Å²) in [6.07, 6.45) is -5.82. The highest BCUT2D eigenvalue weighted by Gasteiger charge is 2.40. The molecule has 2 rings (SSSR count). The normalized spacial score (nSPS) is 17.6. The average molecular weight is 358 g/mol. The molecule has 25 heavy (non-hydrogen) atoms. The molecule has 0 radical (unpaired) electrons. The lowest BCUT2D eigenvalue weighted by molar-refractivity contribution is -0.151. The quantitative estimate of drug-likeness (QED) is 0.786. The Balaban J connectivity index is 2.21. The summed E-state index contributed by atoms with van der Waals surface area (Å²) in [5.74, 6) is -1.65. The fraction of sp³-hybridized carbons (Fsp3) is 0.438. The van der Waals surface area contributed by atoms with Crippen molar-refractivity contribution in [3.05, 3.63) is 29.8 Å². The number of hydrogen-bond acceptors (Lipinski definition) is 4. The summed E-state index contributed by atoms with van der Waals surface area (Å²) in [5, 5.41) is 11.4. The fourth-order valence-corrected chi connectivity index (χ4v) is 2.58. The van der Waals surface area contributed by atoms with Crippen LogP contribution in [0.2, 0.25) is 0 Å². The van der Waals surface area contributed by atoms with E-state index in [1.54, 1.807) is 0 Å². The molecule has 0 aliphatic carbocycles. The van der Waals surface area contributed by atoms with E-state index in [1.807, 2.05) is 0 Å². The van der Waals surface area contributed by atoms with Crippen LogP contribution in [-0.2, 0) is 9.59 Å². The third-order valence-electron chi connectivity index (χ3n) is 3.77. The van der Waals surface area contributed by atoms with E-state index in [-0.39, 0.29) is 24.1 Å². The molecule has 1 aliphatic rings. The van der Waals surface area contributed by atoms with E-state index in [0.717, 1.165) is 11.8 Å². The lowest BCUT2D eigenvalue weighted by Gasteiger charge is -2.29. The number of nitrogens with one attached hydrogen (secondary N) is 1. The first-order valence-electron chi connectivity index (χ1n) is 7.51. The van der Waals surface area contributed by atoms with Crippen LogP contribution in [0.5, 0.6) is 0 Å². The van der Waals surface area contributed by atoms with Crippen molar-refractivity contribution >= 4 is 23.4 Å². The molecule has 3 amide bonds. The molecule has 9 heteroatoms. The number of anilines is 1. The van der Waals surface area contributed by atoms with Crippen LogP contribution in [0.15, 0.2) is 24.3 Å². The number of amides is 3. The summed E-state index contributed by atoms with van der Waals surface area (Å²) < 4.78 is 37.8. The van der Waals surface area contributed by atoms with E-state index in [1.165, 1.54) is 24.3 Å². The Hall–Kier alpha value is -2.42. The maximum absolute atomic E-state index is 12.6. The Morgan fingerprint density at radius 3 is 2.36 bits per heavy atom. The van der Waals surface area contributed by atoms with Gasteiger partial charge in [0.05, 0.1) is 24.3 Å². The molecule has 1 saturated heterocycles. The Kier molecular flexibility index (Phi) is 5.17. The molecule has 1 fully saturated rings. The number of benzene rings is 1. The van der Waals surface area contributed by atoms with Gasteiger partial charge in [0.25, 0.3) is 5.91 Å². The van der Waals surface area contributed by atoms with Gasteiger partial charge >= 0.3 is 6.18 Å². The third-order valence-corrected chi connectivity index (χ3v) is 3.77. The van der Waals surface area contributed by atoms with E-state index in [4.69, 9.17) is 0 Å². The van der Waals surface area contributed by atoms with E-state index in [2.05, 4.69) is 5.32 Å². The smallest absolute Gasteiger partial charge is 0.391 e. The van der Waals surface area contributed by atoms with Gasteiger partial charge in [-0.3, -0.25) is 19.3 Å². The van der Waals surface area contributed by atoms with Crippen molar-refractivity contribution in [2.45, 2.75) is 37.9 Å². The second-order valence-corrected chi connectivity index (χ2v) is 6.14. The summed E-state index contributed by atoms with van der Waals surface area (Å²) in [4.78, 5) is 36.7. The second-order valence-electron chi connectivity index (χ2n) is 6.14. The van der Waals surface area contributed by atoms with Gasteiger partial charge in [0, 0.05) is 18.4 Å². The van der Waals surface area contributed by atoms with Crippen molar-refractivity contribution in [3.8, 4) is 0 Å². The fourth-order valence-electron chi connectivity index (χ4n) is 2.58. The number of aliphatic hydroxyl groups is 1. The van der Waals surface area contributed by atoms with Crippen molar-refractivity contribution in [1.29, 1.82) is 0 Å². The number of imide groups is 1. The molecule has 0 aromatic heterocycles. The molecule has 1 heterocycles. The van der Waals surface area contributed by atoms with Gasteiger partial charge in [-0.25, -0.2) is 0 Å². The Morgan fingerprint density at radius 1 is 1.24 bits per heavy atom. The summed E-state index contributed by atoms with van der Waals surface area (Å²) in [6, 6.07) is 5.47. The van der Waals surface area contributed by atoms with Crippen LogP contribution in [0, 0.1) is 0 Å². The number of carbonyl (C=O) groups is 3. The number of alkyl halides is 3. The largest absolute Gasteiger partial charge is 0.394 e. The summed E-state index contributed by atoms with van der Waals surface area (Å²) in [6.45, 7) is 0.177. The minimum absolute atomic E-state index is 0.0214. The minimum Gasteiger partial charge on any atom is -0.394 e. The maximum atomic E-state index is 12.6. The van der Waals surface area contributed by atoms with Gasteiger partial charge < -0.3 is 10.4 Å². The predicted octanol–water partition coefficient (Wildman–Crippen LogP) is 1.77. The molecule has 136 valence electrons. The average Bonchev–Trinajstić information content (AvgIpc) is 2.84. The zero-order valence-corrected chi connectivity index (χ0v) is 13.4. The number of halogens is 3. The van der Waals surface area contributed by atoms with Crippen molar-refractivity contribution in [1.82, 2.24) is 5.32 Å². The van der Waals surface area contributed by atoms with E-state index < -0.39 is 42.5 Å². The first-order chi connectivity index (χ1) is 11.5. The monoisotopic (exact) mass is 358 g/mol. The van der Waals surface area contributed by atoms with Crippen LogP contribution < -0.4 is 10.2 Å². The van der Waals surface area contributed by atoms with Gasteiger partial charge in [0.2, 0.25) is 11.8 Å². The van der Waals surface area contributed by atoms with Gasteiger partial charge in [-0.1, -0.05) is 6.07 Å². The number of hydrogen-bond donors (Lipinski definition) is 2. The highest BCUT2D eigenvalue weighted by atomic mass is 19.4. The molecule has 1 aromatic rings. The van der Waals surface area contributed by atoms with E-state index >= 15 is 0 Å². The standard InChI is InChI=1S/C16H17F3N2O4/c1-15(9-22,8-16(17,18)19)20-14(25)10-3-2-4-11(7-10)21-12(23)5-6-13(21)24/h2-4,7,22H,5-6,8-9H2,1H3,(H,20,25). The summed E-state index contributed by atoms with van der Waals surface area (Å²) >= 11 is 0. The number of nitrogens with zero attached hydrogens (tertiary/aromatic N) is 1. The molecule has 6 nitrogen and oxygen atoms in total. The summed E-state index contributed by atoms with van der Waals surface area (Å²) in [7, 11) is 0. The Labute approximate surface area is 141 Å². The lowest BCUT2D eigenvalue weighted by atomic mass is 9.98. The molecule has 1 unspecified atom stereocenters. The molecule has 0 saturated carbocycles. The molecule has 1 atom stereocenters. The van der Waals surface area contributed by atoms with Crippen LogP contribution in [0.25, 0.3) is 0 Å². The van der Waals surface area contributed by atoms with Gasteiger partial charge in [-0.05, 0) is 25.1 Å². The maximum Gasteiger partial charge on any atom is 0.391 e. The number of aliphatic hydroxyl groups excluding tert-OH is 1. The van der Waals surface area contributed by atoms with Crippen LogP contribution >= 0.6 is 0 Å². The van der Waals surface area contributed by atoms with Crippen molar-refractivity contribution in [2.24, 2.45) is 0 Å². The van der Waals surface area contributed by atoms with Crippen LogP contribution in [-0.4, -0.2) is 41.2 Å². The predicted molar refractivity (Wildman–Crippen MR) is 81.8 cm³/mol. The highest BCUT2D eigenvalue weighted by molar-refractivity contribution is 6.20. The van der Waals surface area contributed by atoms with Crippen LogP contribution in [0.4, 0.5) is 18.9 Å². The molecular weight excluding hydrogens is 341 g/mol. The SMILES string of the molecule is CC(CO)(CC(F)(F)F)NC(=O)c1cccc(N2C(=O)CCC2=O)c1. The van der Waals surface area contributed by atoms with Gasteiger partial charge in [-0.2, -0.15) is 13.2 Å². The van der Waals surface area contributed by atoms with Gasteiger partial charge in [-0.15, -0.1) is 0 Å². The molecule has 1 aromatic carbocycles. The Bertz CT molecular complexity index is 689. The molecule has 2 N–H and O–H groups in total. The van der Waals surface area contributed by atoms with Gasteiger partial charge in [0.1, 0.15) is 0 Å². The molecular formula is C16H17F3N2O4. The molecule has 0 spiro atoms. The summed E-state index contributed by atoms with van der Waals surface area (Å²) in [5.41, 5.74) is -1.72. The van der Waals surface area contributed by atoms with Crippen LogP contribution in [0.3, 0.4) is 0 Å². The van der Waals surface area contributed by atoms with Gasteiger partial charge in [0.15, 0.2) is 0 Å². The topological polar surface area (TPSA) is 86.7 Å². The first-order valence-corrected chi connectivity index (χ1v) is 7.51. The van der Waals surface area contributed by atoms with E-state index in [9.17, 15) is 32.7 Å².